The van der Waals surface area contributed by atoms with Crippen LogP contribution in [-0.4, -0.2) is 10.8 Å². The molecule has 0 bridgehead atoms. The number of rotatable bonds is 7. The van der Waals surface area contributed by atoms with Gasteiger partial charge in [0.2, 0.25) is 0 Å². The van der Waals surface area contributed by atoms with E-state index < -0.39 is 5.79 Å². The second-order valence-electron chi connectivity index (χ2n) is 5.62. The van der Waals surface area contributed by atoms with Crippen LogP contribution < -0.4 is 5.32 Å². The minimum Gasteiger partial charge on any atom is -0.354 e. The third-order valence-corrected chi connectivity index (χ3v) is 4.53. The summed E-state index contributed by atoms with van der Waals surface area (Å²) in [7, 11) is 0. The van der Waals surface area contributed by atoms with Crippen molar-refractivity contribution in [3.8, 4) is 10.4 Å². The molecule has 1 heterocycles. The lowest BCUT2D eigenvalue weighted by Gasteiger charge is -2.23. The van der Waals surface area contributed by atoms with Crippen molar-refractivity contribution in [3.63, 3.8) is 0 Å². The summed E-state index contributed by atoms with van der Waals surface area (Å²) in [6.45, 7) is 9.75. The van der Waals surface area contributed by atoms with Crippen molar-refractivity contribution >= 4 is 17.0 Å². The minimum atomic E-state index is -1.35. The first-order valence-corrected chi connectivity index (χ1v) is 9.37. The van der Waals surface area contributed by atoms with Crippen LogP contribution >= 0.6 is 11.3 Å². The number of nitrogens with zero attached hydrogens (tertiary/aromatic N) is 1. The van der Waals surface area contributed by atoms with Gasteiger partial charge >= 0.3 is 0 Å². The molecule has 0 saturated carbocycles. The summed E-state index contributed by atoms with van der Waals surface area (Å²) in [5.74, 6) is -1.35. The number of aromatic nitrogens is 1. The predicted octanol–water partition coefficient (Wildman–Crippen LogP) is 6.82. The van der Waals surface area contributed by atoms with Gasteiger partial charge < -0.3 is 5.32 Å². The first-order valence-electron chi connectivity index (χ1n) is 8.49. The molecular weight excluding hydrogens is 307 g/mol. The third-order valence-electron chi connectivity index (χ3n) is 3.55. The molecule has 4 heteroatoms. The molecule has 0 saturated heterocycles. The Bertz CT molecular complexity index is 561. The summed E-state index contributed by atoms with van der Waals surface area (Å²) < 4.78 is 14.4. The quantitative estimate of drug-likeness (QED) is 0.443. The van der Waals surface area contributed by atoms with E-state index in [4.69, 9.17) is 0 Å². The van der Waals surface area contributed by atoms with Gasteiger partial charge in [-0.3, -0.25) is 0 Å². The van der Waals surface area contributed by atoms with Crippen molar-refractivity contribution in [3.05, 3.63) is 35.5 Å². The number of halogens is 1. The SMILES string of the molecule is CC.CCCCCC(C)(F)Nc1ccc(-c2scnc2C)cc1. The van der Waals surface area contributed by atoms with Gasteiger partial charge in [0.25, 0.3) is 0 Å². The number of aryl methyl sites for hydroxylation is 1. The molecular formula is C19H29FN2S. The van der Waals surface area contributed by atoms with E-state index in [1.165, 1.54) is 4.88 Å². The maximum atomic E-state index is 14.4. The fourth-order valence-electron chi connectivity index (χ4n) is 2.35. The zero-order valence-corrected chi connectivity index (χ0v) is 15.8. The Hall–Kier alpha value is -1.42. The van der Waals surface area contributed by atoms with Crippen LogP contribution in [0, 0.1) is 6.92 Å². The van der Waals surface area contributed by atoms with Gasteiger partial charge in [0.1, 0.15) is 0 Å². The maximum absolute atomic E-state index is 14.4. The van der Waals surface area contributed by atoms with Crippen molar-refractivity contribution in [2.45, 2.75) is 66.1 Å². The lowest BCUT2D eigenvalue weighted by molar-refractivity contribution is 0.207. The first-order chi connectivity index (χ1) is 11.0. The van der Waals surface area contributed by atoms with Gasteiger partial charge in [-0.1, -0.05) is 45.7 Å². The zero-order chi connectivity index (χ0) is 17.3. The van der Waals surface area contributed by atoms with Crippen LogP contribution in [0.15, 0.2) is 29.8 Å². The summed E-state index contributed by atoms with van der Waals surface area (Å²) in [5.41, 5.74) is 4.84. The Morgan fingerprint density at radius 1 is 1.17 bits per heavy atom. The third kappa shape index (κ3) is 6.30. The number of alkyl halides is 1. The Kier molecular flexibility index (Phi) is 8.24. The zero-order valence-electron chi connectivity index (χ0n) is 14.9. The molecule has 0 fully saturated rings. The maximum Gasteiger partial charge on any atom is 0.177 e. The lowest BCUT2D eigenvalue weighted by Crippen LogP contribution is -2.28. The average Bonchev–Trinajstić information content (AvgIpc) is 2.96. The summed E-state index contributed by atoms with van der Waals surface area (Å²) in [6.07, 6.45) is 3.63. The Morgan fingerprint density at radius 2 is 1.83 bits per heavy atom. The topological polar surface area (TPSA) is 24.9 Å². The summed E-state index contributed by atoms with van der Waals surface area (Å²) >= 11 is 1.63. The van der Waals surface area contributed by atoms with Gasteiger partial charge in [-0.15, -0.1) is 11.3 Å². The number of benzene rings is 1. The van der Waals surface area contributed by atoms with Gasteiger partial charge in [0.15, 0.2) is 5.79 Å². The van der Waals surface area contributed by atoms with Gasteiger partial charge in [-0.2, -0.15) is 0 Å². The van der Waals surface area contributed by atoms with E-state index >= 15 is 0 Å². The van der Waals surface area contributed by atoms with Crippen LogP contribution in [0.4, 0.5) is 10.1 Å². The van der Waals surface area contributed by atoms with Crippen molar-refractivity contribution in [2.24, 2.45) is 0 Å². The second-order valence-corrected chi connectivity index (χ2v) is 6.48. The molecule has 23 heavy (non-hydrogen) atoms. The van der Waals surface area contributed by atoms with Crippen molar-refractivity contribution < 1.29 is 4.39 Å². The van der Waals surface area contributed by atoms with Crippen LogP contribution in [-0.2, 0) is 0 Å². The minimum absolute atomic E-state index is 0.538. The molecule has 0 spiro atoms. The molecule has 0 radical (unpaired) electrons. The second kappa shape index (κ2) is 9.66. The molecule has 2 rings (SSSR count). The fourth-order valence-corrected chi connectivity index (χ4v) is 3.17. The molecule has 1 N–H and O–H groups in total. The van der Waals surface area contributed by atoms with Gasteiger partial charge in [-0.05, 0) is 44.4 Å². The number of anilines is 1. The molecule has 0 aliphatic heterocycles. The molecule has 1 atom stereocenters. The van der Waals surface area contributed by atoms with Crippen molar-refractivity contribution in [2.75, 3.05) is 5.32 Å². The monoisotopic (exact) mass is 336 g/mol. The number of hydrogen-bond donors (Lipinski definition) is 1. The predicted molar refractivity (Wildman–Crippen MR) is 101 cm³/mol. The molecule has 2 nitrogen and oxygen atoms in total. The number of hydrogen-bond acceptors (Lipinski definition) is 3. The van der Waals surface area contributed by atoms with Crippen LogP contribution in [0.1, 0.15) is 59.1 Å². The highest BCUT2D eigenvalue weighted by Gasteiger charge is 2.21. The Balaban J connectivity index is 0.00000127. The molecule has 0 aliphatic rings. The highest BCUT2D eigenvalue weighted by molar-refractivity contribution is 7.13. The highest BCUT2D eigenvalue weighted by atomic mass is 32.1. The van der Waals surface area contributed by atoms with Crippen LogP contribution in [0.3, 0.4) is 0 Å². The summed E-state index contributed by atoms with van der Waals surface area (Å²) in [4.78, 5) is 5.43. The summed E-state index contributed by atoms with van der Waals surface area (Å²) in [5, 5.41) is 2.99. The normalized spacial score (nSPS) is 13.0. The molecule has 1 aromatic heterocycles. The van der Waals surface area contributed by atoms with Crippen molar-refractivity contribution in [1.29, 1.82) is 0 Å². The van der Waals surface area contributed by atoms with E-state index in [0.29, 0.717) is 6.42 Å². The summed E-state index contributed by atoms with van der Waals surface area (Å²) in [6, 6.07) is 7.91. The number of unbranched alkanes of at least 4 members (excludes halogenated alkanes) is 2. The van der Waals surface area contributed by atoms with Gasteiger partial charge in [0.05, 0.1) is 16.1 Å². The van der Waals surface area contributed by atoms with Crippen LogP contribution in [0.5, 0.6) is 0 Å². The highest BCUT2D eigenvalue weighted by Crippen LogP contribution is 2.29. The molecule has 1 unspecified atom stereocenters. The van der Waals surface area contributed by atoms with Gasteiger partial charge in [-0.25, -0.2) is 9.37 Å². The largest absolute Gasteiger partial charge is 0.354 e. The lowest BCUT2D eigenvalue weighted by atomic mass is 10.1. The number of nitrogens with one attached hydrogen (secondary N) is 1. The van der Waals surface area contributed by atoms with E-state index in [0.717, 1.165) is 36.2 Å². The van der Waals surface area contributed by atoms with Crippen LogP contribution in [0.25, 0.3) is 10.4 Å². The standard InChI is InChI=1S/C17H23FN2S.C2H6/c1-4-5-6-11-17(3,18)20-15-9-7-14(8-10-15)16-13(2)19-12-21-16;1-2/h7-10,12,20H,4-6,11H2,1-3H3;1-2H3. The number of thiazole rings is 1. The van der Waals surface area contributed by atoms with E-state index in [9.17, 15) is 4.39 Å². The average molecular weight is 337 g/mol. The fraction of sp³-hybridized carbons (Fsp3) is 0.526. The van der Waals surface area contributed by atoms with Crippen molar-refractivity contribution in [1.82, 2.24) is 4.98 Å². The van der Waals surface area contributed by atoms with E-state index in [1.807, 2.05) is 50.5 Å². The molecule has 2 aromatic rings. The Morgan fingerprint density at radius 3 is 2.35 bits per heavy atom. The molecule has 0 aliphatic carbocycles. The first kappa shape index (κ1) is 19.6. The van der Waals surface area contributed by atoms with Crippen LogP contribution in [0.2, 0.25) is 0 Å². The van der Waals surface area contributed by atoms with E-state index in [-0.39, 0.29) is 0 Å². The van der Waals surface area contributed by atoms with Gasteiger partial charge in [0, 0.05) is 5.69 Å². The smallest absolute Gasteiger partial charge is 0.177 e. The molecule has 128 valence electrons. The van der Waals surface area contributed by atoms with E-state index in [1.54, 1.807) is 18.3 Å². The molecule has 1 aromatic carbocycles. The molecule has 0 amide bonds. The Labute approximate surface area is 144 Å². The van der Waals surface area contributed by atoms with E-state index in [2.05, 4.69) is 17.2 Å².